The number of carbonyl (C=O) groups is 1. The lowest BCUT2D eigenvalue weighted by molar-refractivity contribution is 0.0925. The Hall–Kier alpha value is -2.41. The maximum atomic E-state index is 12.9. The number of allylic oxidation sites excluding steroid dienone is 1. The Balaban J connectivity index is 1.62. The third kappa shape index (κ3) is 4.30. The van der Waals surface area contributed by atoms with Crippen LogP contribution in [-0.4, -0.2) is 46.4 Å². The molecule has 4 heterocycles. The average molecular weight is 369 g/mol. The van der Waals surface area contributed by atoms with E-state index in [0.29, 0.717) is 18.2 Å². The van der Waals surface area contributed by atoms with Crippen molar-refractivity contribution in [3.05, 3.63) is 30.0 Å². The highest BCUT2D eigenvalue weighted by atomic mass is 16.5. The van der Waals surface area contributed by atoms with Gasteiger partial charge in [0.15, 0.2) is 11.3 Å². The molecule has 2 bridgehead atoms. The van der Waals surface area contributed by atoms with Crippen molar-refractivity contribution in [3.63, 3.8) is 0 Å². The van der Waals surface area contributed by atoms with Crippen molar-refractivity contribution in [1.29, 1.82) is 0 Å². The first-order valence-electron chi connectivity index (χ1n) is 9.98. The molecule has 0 spiro atoms. The number of hydrogen-bond donors (Lipinski definition) is 2. The smallest absolute Gasteiger partial charge is 0.272 e. The molecule has 144 valence electrons. The summed E-state index contributed by atoms with van der Waals surface area (Å²) in [4.78, 5) is 17.5. The van der Waals surface area contributed by atoms with Crippen LogP contribution in [0.4, 0.5) is 0 Å². The summed E-state index contributed by atoms with van der Waals surface area (Å²) in [7, 11) is 0. The van der Waals surface area contributed by atoms with Gasteiger partial charge in [0.1, 0.15) is 6.61 Å². The van der Waals surface area contributed by atoms with Crippen molar-refractivity contribution in [1.82, 2.24) is 25.4 Å². The lowest BCUT2D eigenvalue weighted by Crippen LogP contribution is -2.42. The van der Waals surface area contributed by atoms with Gasteiger partial charge in [0.05, 0.1) is 5.39 Å². The summed E-state index contributed by atoms with van der Waals surface area (Å²) in [5.74, 6) is 0.461. The van der Waals surface area contributed by atoms with Gasteiger partial charge in [-0.1, -0.05) is 18.6 Å². The highest BCUT2D eigenvalue weighted by Crippen LogP contribution is 2.22. The number of amides is 1. The van der Waals surface area contributed by atoms with Crippen molar-refractivity contribution in [2.24, 2.45) is 0 Å². The minimum absolute atomic E-state index is 0.106. The van der Waals surface area contributed by atoms with Crippen molar-refractivity contribution in [2.75, 3.05) is 19.7 Å². The number of carbonyl (C=O) groups excluding carboxylic acids is 1. The summed E-state index contributed by atoms with van der Waals surface area (Å²) in [5, 5.41) is 11.9. The van der Waals surface area contributed by atoms with E-state index in [4.69, 9.17) is 4.74 Å². The van der Waals surface area contributed by atoms with Gasteiger partial charge in [0, 0.05) is 18.7 Å². The molecule has 0 unspecified atom stereocenters. The first-order valence-corrected chi connectivity index (χ1v) is 9.98. The standard InChI is InChI=1S/C20H27N5O2/c26-20(22-15-9-11-21-12-10-15)18-16-7-8-17-23-19(16)25(24-18)13-5-3-1-2-4-6-14-27-17/h4,6-8,15,21H,1-3,5,9-14H2,(H,22,26)/b6-4-. The summed E-state index contributed by atoms with van der Waals surface area (Å²) in [6.07, 6.45) is 10.5. The fraction of sp³-hybridized carbons (Fsp3) is 0.550. The lowest BCUT2D eigenvalue weighted by atomic mass is 10.1. The Morgan fingerprint density at radius 1 is 1.19 bits per heavy atom. The van der Waals surface area contributed by atoms with Crippen LogP contribution in [0.1, 0.15) is 49.0 Å². The number of aromatic nitrogens is 3. The van der Waals surface area contributed by atoms with Gasteiger partial charge < -0.3 is 15.4 Å². The number of hydrogen-bond acceptors (Lipinski definition) is 5. The quantitative estimate of drug-likeness (QED) is 0.795. The van der Waals surface area contributed by atoms with Gasteiger partial charge in [-0.15, -0.1) is 0 Å². The first-order chi connectivity index (χ1) is 13.3. The molecule has 2 N–H and O–H groups in total. The maximum Gasteiger partial charge on any atom is 0.272 e. The third-order valence-electron chi connectivity index (χ3n) is 5.19. The fourth-order valence-corrected chi connectivity index (χ4v) is 3.68. The molecule has 1 saturated heterocycles. The van der Waals surface area contributed by atoms with Crippen molar-refractivity contribution in [3.8, 4) is 5.88 Å². The average Bonchev–Trinajstić information content (AvgIpc) is 3.05. The Kier molecular flexibility index (Phi) is 5.67. The van der Waals surface area contributed by atoms with Crippen LogP contribution in [0.2, 0.25) is 0 Å². The molecule has 7 nitrogen and oxygen atoms in total. The fourth-order valence-electron chi connectivity index (χ4n) is 3.68. The number of rotatable bonds is 2. The topological polar surface area (TPSA) is 81.1 Å². The molecule has 27 heavy (non-hydrogen) atoms. The zero-order valence-corrected chi connectivity index (χ0v) is 15.6. The van der Waals surface area contributed by atoms with Crippen LogP contribution >= 0.6 is 0 Å². The molecule has 0 aromatic carbocycles. The van der Waals surface area contributed by atoms with Crippen LogP contribution in [0, 0.1) is 0 Å². The van der Waals surface area contributed by atoms with Gasteiger partial charge in [-0.3, -0.25) is 4.79 Å². The van der Waals surface area contributed by atoms with Crippen LogP contribution in [0.15, 0.2) is 24.3 Å². The molecule has 0 radical (unpaired) electrons. The summed E-state index contributed by atoms with van der Waals surface area (Å²) in [5.41, 5.74) is 1.20. The SMILES string of the molecule is O=C(NC1CCNCC1)c1nn2c3nc(ccc13)OC/C=C\CCCCC2. The monoisotopic (exact) mass is 369 g/mol. The molecule has 2 aliphatic heterocycles. The first kappa shape index (κ1) is 18.0. The lowest BCUT2D eigenvalue weighted by Gasteiger charge is -2.23. The molecule has 0 atom stereocenters. The molecule has 0 saturated carbocycles. The molecule has 2 aromatic heterocycles. The van der Waals surface area contributed by atoms with Gasteiger partial charge in [0.25, 0.3) is 5.91 Å². The summed E-state index contributed by atoms with van der Waals surface area (Å²) in [6, 6.07) is 3.93. The molecule has 0 aliphatic carbocycles. The summed E-state index contributed by atoms with van der Waals surface area (Å²) < 4.78 is 7.59. The van der Waals surface area contributed by atoms with Gasteiger partial charge in [-0.25, -0.2) is 4.68 Å². The van der Waals surface area contributed by atoms with E-state index in [9.17, 15) is 4.79 Å². The molecule has 2 aliphatic rings. The van der Waals surface area contributed by atoms with Crippen LogP contribution in [0.25, 0.3) is 11.0 Å². The van der Waals surface area contributed by atoms with E-state index < -0.39 is 0 Å². The van der Waals surface area contributed by atoms with Crippen LogP contribution in [0.5, 0.6) is 5.88 Å². The van der Waals surface area contributed by atoms with Crippen molar-refractivity contribution >= 4 is 16.9 Å². The zero-order valence-electron chi connectivity index (χ0n) is 15.6. The van der Waals surface area contributed by atoms with Gasteiger partial charge in [0.2, 0.25) is 5.88 Å². The highest BCUT2D eigenvalue weighted by molar-refractivity contribution is 6.04. The van der Waals surface area contributed by atoms with Crippen LogP contribution in [-0.2, 0) is 6.54 Å². The van der Waals surface area contributed by atoms with E-state index in [0.717, 1.165) is 69.2 Å². The van der Waals surface area contributed by atoms with E-state index in [1.807, 2.05) is 22.9 Å². The molecule has 1 amide bonds. The maximum absolute atomic E-state index is 12.9. The van der Waals surface area contributed by atoms with E-state index in [2.05, 4.69) is 26.8 Å². The summed E-state index contributed by atoms with van der Waals surface area (Å²) >= 11 is 0. The van der Waals surface area contributed by atoms with E-state index in [1.165, 1.54) is 0 Å². The second-order valence-corrected chi connectivity index (χ2v) is 7.22. The largest absolute Gasteiger partial charge is 0.473 e. The van der Waals surface area contributed by atoms with Crippen molar-refractivity contribution < 1.29 is 9.53 Å². The minimum Gasteiger partial charge on any atom is -0.473 e. The number of nitrogens with zero attached hydrogens (tertiary/aromatic N) is 3. The van der Waals surface area contributed by atoms with Crippen LogP contribution < -0.4 is 15.4 Å². The summed E-state index contributed by atoms with van der Waals surface area (Å²) in [6.45, 7) is 3.15. The second kappa shape index (κ2) is 8.52. The normalized spacial score (nSPS) is 20.3. The van der Waals surface area contributed by atoms with E-state index in [1.54, 1.807) is 0 Å². The van der Waals surface area contributed by atoms with E-state index in [-0.39, 0.29) is 11.9 Å². The molecule has 1 fully saturated rings. The number of nitrogens with one attached hydrogen (secondary N) is 2. The zero-order chi connectivity index (χ0) is 18.5. The van der Waals surface area contributed by atoms with E-state index >= 15 is 0 Å². The van der Waals surface area contributed by atoms with Gasteiger partial charge in [-0.05, 0) is 51.3 Å². The predicted octanol–water partition coefficient (Wildman–Crippen LogP) is 2.42. The number of piperidine rings is 1. The molecular formula is C20H27N5O2. The number of fused-ring (bicyclic) bond motifs is 1. The Morgan fingerprint density at radius 2 is 2.07 bits per heavy atom. The Bertz CT molecular complexity index is 823. The molecule has 7 heteroatoms. The number of aryl methyl sites for hydroxylation is 1. The predicted molar refractivity (Wildman–Crippen MR) is 104 cm³/mol. The second-order valence-electron chi connectivity index (χ2n) is 7.22. The van der Waals surface area contributed by atoms with Gasteiger partial charge >= 0.3 is 0 Å². The Morgan fingerprint density at radius 3 is 2.96 bits per heavy atom. The highest BCUT2D eigenvalue weighted by Gasteiger charge is 2.22. The number of pyridine rings is 1. The van der Waals surface area contributed by atoms with Crippen molar-refractivity contribution in [2.45, 2.75) is 51.1 Å². The Labute approximate surface area is 159 Å². The minimum atomic E-state index is -0.106. The molecule has 4 rings (SSSR count). The van der Waals surface area contributed by atoms with Crippen LogP contribution in [0.3, 0.4) is 0 Å². The number of ether oxygens (including phenoxy) is 1. The third-order valence-corrected chi connectivity index (χ3v) is 5.19. The van der Waals surface area contributed by atoms with Gasteiger partial charge in [-0.2, -0.15) is 10.1 Å². The molecule has 2 aromatic rings. The molecular weight excluding hydrogens is 342 g/mol.